The molecule has 0 bridgehead atoms. The third-order valence-electron chi connectivity index (χ3n) is 3.23. The largest absolute Gasteiger partial charge is 0.351 e. The van der Waals surface area contributed by atoms with E-state index in [0.717, 1.165) is 25.3 Å². The van der Waals surface area contributed by atoms with Gasteiger partial charge in [0.05, 0.1) is 6.20 Å². The molecule has 86 valence electrons. The number of aromatic nitrogens is 2. The zero-order valence-electron chi connectivity index (χ0n) is 9.71. The van der Waals surface area contributed by atoms with Gasteiger partial charge in [-0.3, -0.25) is 4.98 Å². The second kappa shape index (κ2) is 4.53. The first-order chi connectivity index (χ1) is 8.43. The SMILES string of the molecule is c1ccc2c(c1)CCCN(c1cnccn1)C2. The van der Waals surface area contributed by atoms with E-state index in [-0.39, 0.29) is 0 Å². The Hall–Kier alpha value is -1.90. The molecule has 3 nitrogen and oxygen atoms in total. The van der Waals surface area contributed by atoms with E-state index in [9.17, 15) is 0 Å². The highest BCUT2D eigenvalue weighted by Gasteiger charge is 2.14. The van der Waals surface area contributed by atoms with Crippen LogP contribution in [0.4, 0.5) is 5.82 Å². The minimum atomic E-state index is 0.939. The Balaban J connectivity index is 1.91. The van der Waals surface area contributed by atoms with Gasteiger partial charge in [0.2, 0.25) is 0 Å². The van der Waals surface area contributed by atoms with Crippen molar-refractivity contribution < 1.29 is 0 Å². The van der Waals surface area contributed by atoms with Crippen molar-refractivity contribution in [3.63, 3.8) is 0 Å². The zero-order chi connectivity index (χ0) is 11.5. The predicted molar refractivity (Wildman–Crippen MR) is 67.8 cm³/mol. The summed E-state index contributed by atoms with van der Waals surface area (Å²) in [6.45, 7) is 1.99. The van der Waals surface area contributed by atoms with Gasteiger partial charge in [0.15, 0.2) is 0 Å². The first-order valence-corrected chi connectivity index (χ1v) is 6.01. The average Bonchev–Trinajstić information content (AvgIpc) is 2.62. The van der Waals surface area contributed by atoms with Crippen LogP contribution in [-0.2, 0) is 13.0 Å². The van der Waals surface area contributed by atoms with Crippen LogP contribution in [0.15, 0.2) is 42.9 Å². The first-order valence-electron chi connectivity index (χ1n) is 6.01. The van der Waals surface area contributed by atoms with Gasteiger partial charge in [0.1, 0.15) is 5.82 Å². The highest BCUT2D eigenvalue weighted by Crippen LogP contribution is 2.21. The van der Waals surface area contributed by atoms with E-state index in [1.165, 1.54) is 17.5 Å². The van der Waals surface area contributed by atoms with Crippen LogP contribution in [-0.4, -0.2) is 16.5 Å². The lowest BCUT2D eigenvalue weighted by Gasteiger charge is -2.21. The normalized spacial score (nSPS) is 15.2. The van der Waals surface area contributed by atoms with Crippen LogP contribution in [0, 0.1) is 0 Å². The van der Waals surface area contributed by atoms with Crippen LogP contribution in [0.1, 0.15) is 17.5 Å². The Labute approximate surface area is 101 Å². The molecule has 0 aliphatic carbocycles. The summed E-state index contributed by atoms with van der Waals surface area (Å²) in [5, 5.41) is 0. The molecule has 0 unspecified atom stereocenters. The molecule has 2 aromatic rings. The van der Waals surface area contributed by atoms with Crippen molar-refractivity contribution in [1.82, 2.24) is 9.97 Å². The Morgan fingerprint density at radius 1 is 1.06 bits per heavy atom. The molecule has 0 radical (unpaired) electrons. The van der Waals surface area contributed by atoms with Crippen LogP contribution in [0.3, 0.4) is 0 Å². The van der Waals surface area contributed by atoms with Gasteiger partial charge in [-0.1, -0.05) is 24.3 Å². The average molecular weight is 225 g/mol. The molecule has 0 saturated carbocycles. The van der Waals surface area contributed by atoms with Crippen LogP contribution in [0.25, 0.3) is 0 Å². The topological polar surface area (TPSA) is 29.0 Å². The van der Waals surface area contributed by atoms with Crippen molar-refractivity contribution >= 4 is 5.82 Å². The van der Waals surface area contributed by atoms with Gasteiger partial charge >= 0.3 is 0 Å². The van der Waals surface area contributed by atoms with Gasteiger partial charge in [-0.05, 0) is 24.0 Å². The molecule has 0 N–H and O–H groups in total. The monoisotopic (exact) mass is 225 g/mol. The van der Waals surface area contributed by atoms with E-state index in [1.807, 2.05) is 6.20 Å². The summed E-state index contributed by atoms with van der Waals surface area (Å²) in [5.41, 5.74) is 2.88. The van der Waals surface area contributed by atoms with Crippen LogP contribution in [0.5, 0.6) is 0 Å². The van der Waals surface area contributed by atoms with Gasteiger partial charge in [-0.2, -0.15) is 0 Å². The maximum atomic E-state index is 4.38. The van der Waals surface area contributed by atoms with Crippen LogP contribution in [0.2, 0.25) is 0 Å². The predicted octanol–water partition coefficient (Wildman–Crippen LogP) is 2.43. The van der Waals surface area contributed by atoms with Crippen molar-refractivity contribution in [1.29, 1.82) is 0 Å². The Morgan fingerprint density at radius 3 is 2.76 bits per heavy atom. The summed E-state index contributed by atoms with van der Waals surface area (Å²) >= 11 is 0. The molecular weight excluding hydrogens is 210 g/mol. The molecule has 0 amide bonds. The van der Waals surface area contributed by atoms with E-state index in [2.05, 4.69) is 39.1 Å². The number of fused-ring (bicyclic) bond motifs is 1. The number of hydrogen-bond acceptors (Lipinski definition) is 3. The summed E-state index contributed by atoms with van der Waals surface area (Å²) in [6, 6.07) is 8.68. The van der Waals surface area contributed by atoms with Crippen molar-refractivity contribution in [2.45, 2.75) is 19.4 Å². The Bertz CT molecular complexity index is 496. The molecule has 3 heteroatoms. The molecule has 1 aliphatic rings. The van der Waals surface area contributed by atoms with Gasteiger partial charge in [0.25, 0.3) is 0 Å². The molecule has 2 heterocycles. The number of aryl methyl sites for hydroxylation is 1. The molecule has 0 atom stereocenters. The van der Waals surface area contributed by atoms with Gasteiger partial charge in [0, 0.05) is 25.5 Å². The number of nitrogens with zero attached hydrogens (tertiary/aromatic N) is 3. The number of rotatable bonds is 1. The molecule has 17 heavy (non-hydrogen) atoms. The summed E-state index contributed by atoms with van der Waals surface area (Å²) in [7, 11) is 0. The van der Waals surface area contributed by atoms with Crippen molar-refractivity contribution in [3.05, 3.63) is 54.0 Å². The van der Waals surface area contributed by atoms with E-state index < -0.39 is 0 Å². The molecular formula is C14H15N3. The van der Waals surface area contributed by atoms with Gasteiger partial charge in [-0.25, -0.2) is 4.98 Å². The van der Waals surface area contributed by atoms with Crippen LogP contribution < -0.4 is 4.90 Å². The van der Waals surface area contributed by atoms with Crippen LogP contribution >= 0.6 is 0 Å². The standard InChI is InChI=1S/C14H15N3/c1-2-5-13-11-17(9-3-6-12(13)4-1)14-10-15-7-8-16-14/h1-2,4-5,7-8,10H,3,6,9,11H2. The van der Waals surface area contributed by atoms with Gasteiger partial charge in [-0.15, -0.1) is 0 Å². The van der Waals surface area contributed by atoms with Gasteiger partial charge < -0.3 is 4.90 Å². The smallest absolute Gasteiger partial charge is 0.147 e. The number of benzene rings is 1. The first kappa shape index (κ1) is 10.3. The summed E-state index contributed by atoms with van der Waals surface area (Å²) in [6.07, 6.45) is 7.65. The zero-order valence-corrected chi connectivity index (χ0v) is 9.71. The molecule has 1 aromatic heterocycles. The quantitative estimate of drug-likeness (QED) is 0.746. The molecule has 1 aliphatic heterocycles. The number of hydrogen-bond donors (Lipinski definition) is 0. The highest BCUT2D eigenvalue weighted by molar-refractivity contribution is 5.40. The maximum absolute atomic E-state index is 4.38. The lowest BCUT2D eigenvalue weighted by molar-refractivity contribution is 0.752. The molecule has 1 aromatic carbocycles. The number of anilines is 1. The molecule has 0 spiro atoms. The summed E-state index contributed by atoms with van der Waals surface area (Å²) in [5.74, 6) is 0.976. The minimum absolute atomic E-state index is 0.939. The third kappa shape index (κ3) is 2.13. The van der Waals surface area contributed by atoms with Crippen molar-refractivity contribution in [2.75, 3.05) is 11.4 Å². The van der Waals surface area contributed by atoms with E-state index in [0.29, 0.717) is 0 Å². The fourth-order valence-electron chi connectivity index (χ4n) is 2.35. The second-order valence-corrected chi connectivity index (χ2v) is 4.36. The Morgan fingerprint density at radius 2 is 1.94 bits per heavy atom. The van der Waals surface area contributed by atoms with Crippen molar-refractivity contribution in [2.24, 2.45) is 0 Å². The fourth-order valence-corrected chi connectivity index (χ4v) is 2.35. The van der Waals surface area contributed by atoms with E-state index in [1.54, 1.807) is 12.4 Å². The van der Waals surface area contributed by atoms with Crippen molar-refractivity contribution in [3.8, 4) is 0 Å². The maximum Gasteiger partial charge on any atom is 0.147 e. The van der Waals surface area contributed by atoms with E-state index in [4.69, 9.17) is 0 Å². The molecule has 3 rings (SSSR count). The minimum Gasteiger partial charge on any atom is -0.351 e. The highest BCUT2D eigenvalue weighted by atomic mass is 15.2. The third-order valence-corrected chi connectivity index (χ3v) is 3.23. The fraction of sp³-hybridized carbons (Fsp3) is 0.286. The summed E-state index contributed by atoms with van der Waals surface area (Å²) in [4.78, 5) is 10.8. The lowest BCUT2D eigenvalue weighted by atomic mass is 10.0. The Kier molecular flexibility index (Phi) is 2.74. The second-order valence-electron chi connectivity index (χ2n) is 4.36. The van der Waals surface area contributed by atoms with E-state index >= 15 is 0 Å². The summed E-state index contributed by atoms with van der Waals surface area (Å²) < 4.78 is 0. The molecule has 0 saturated heterocycles. The lowest BCUT2D eigenvalue weighted by Crippen LogP contribution is -2.23. The molecule has 0 fully saturated rings.